The summed E-state index contributed by atoms with van der Waals surface area (Å²) in [5.74, 6) is -0.241. The lowest BCUT2D eigenvalue weighted by atomic mass is 10.2. The van der Waals surface area contributed by atoms with Gasteiger partial charge in [-0.3, -0.25) is 4.90 Å². The maximum absolute atomic E-state index is 11.8. The zero-order valence-electron chi connectivity index (χ0n) is 19.2. The van der Waals surface area contributed by atoms with E-state index in [9.17, 15) is 13.2 Å². The van der Waals surface area contributed by atoms with Crippen molar-refractivity contribution >= 4 is 66.6 Å². The third-order valence-electron chi connectivity index (χ3n) is 5.19. The molecule has 0 radical (unpaired) electrons. The van der Waals surface area contributed by atoms with Crippen molar-refractivity contribution < 1.29 is 27.5 Å². The average molecular weight is 626 g/mol. The summed E-state index contributed by atoms with van der Waals surface area (Å²) in [6.45, 7) is -0.152. The van der Waals surface area contributed by atoms with Crippen LogP contribution in [0.5, 0.6) is 5.75 Å². The van der Waals surface area contributed by atoms with Crippen LogP contribution in [-0.2, 0) is 21.2 Å². The molecule has 0 aliphatic carbocycles. The highest BCUT2D eigenvalue weighted by Crippen LogP contribution is 2.35. The first-order chi connectivity index (χ1) is 17.5. The number of carbonyl (C=O) groups is 1. The average Bonchev–Trinajstić information content (AvgIpc) is 3.33. The second-order valence-electron chi connectivity index (χ2n) is 7.94. The number of nitrogens with zero attached hydrogens (tertiary/aromatic N) is 2. The van der Waals surface area contributed by atoms with Crippen LogP contribution in [0.25, 0.3) is 11.3 Å². The largest absolute Gasteiger partial charge is 0.481 e. The van der Waals surface area contributed by atoms with Crippen LogP contribution >= 0.6 is 39.1 Å². The van der Waals surface area contributed by atoms with Crippen molar-refractivity contribution in [2.45, 2.75) is 11.4 Å². The Morgan fingerprint density at radius 2 is 1.81 bits per heavy atom. The van der Waals surface area contributed by atoms with Crippen molar-refractivity contribution in [1.29, 1.82) is 0 Å². The SMILES string of the molecule is CS(=O)(=O)c1ccc(-c2cnc(N(Cc3ccc(OCC(=O)O)c(Br)c3)c3ccc(Cl)c(Cl)c3)o2)cc1. The van der Waals surface area contributed by atoms with Crippen LogP contribution in [0, 0.1) is 0 Å². The predicted molar refractivity (Wildman–Crippen MR) is 145 cm³/mol. The molecule has 1 heterocycles. The van der Waals surface area contributed by atoms with Gasteiger partial charge in [0.05, 0.1) is 32.2 Å². The molecule has 0 aliphatic heterocycles. The number of aromatic nitrogens is 1. The van der Waals surface area contributed by atoms with Crippen LogP contribution in [0.4, 0.5) is 11.7 Å². The molecule has 37 heavy (non-hydrogen) atoms. The lowest BCUT2D eigenvalue weighted by molar-refractivity contribution is -0.139. The quantitative estimate of drug-likeness (QED) is 0.221. The van der Waals surface area contributed by atoms with Crippen molar-refractivity contribution in [3.05, 3.63) is 86.9 Å². The highest BCUT2D eigenvalue weighted by atomic mass is 79.9. The molecule has 4 rings (SSSR count). The Morgan fingerprint density at radius 1 is 1.08 bits per heavy atom. The van der Waals surface area contributed by atoms with E-state index in [0.29, 0.717) is 43.8 Å². The van der Waals surface area contributed by atoms with E-state index in [1.54, 1.807) is 59.6 Å². The lowest BCUT2D eigenvalue weighted by Gasteiger charge is -2.22. The number of carboxylic acids is 1. The molecule has 12 heteroatoms. The molecule has 0 atom stereocenters. The normalized spacial score (nSPS) is 11.4. The van der Waals surface area contributed by atoms with Gasteiger partial charge in [0.25, 0.3) is 0 Å². The van der Waals surface area contributed by atoms with Crippen molar-refractivity contribution in [3.8, 4) is 17.1 Å². The summed E-state index contributed by atoms with van der Waals surface area (Å²) in [6.07, 6.45) is 2.70. The second-order valence-corrected chi connectivity index (χ2v) is 11.6. The monoisotopic (exact) mass is 624 g/mol. The van der Waals surface area contributed by atoms with E-state index in [1.165, 1.54) is 12.1 Å². The highest BCUT2D eigenvalue weighted by molar-refractivity contribution is 9.10. The van der Waals surface area contributed by atoms with E-state index < -0.39 is 22.4 Å². The number of aliphatic carboxylic acids is 1. The van der Waals surface area contributed by atoms with E-state index in [1.807, 2.05) is 0 Å². The number of hydrogen-bond acceptors (Lipinski definition) is 7. The number of sulfone groups is 1. The van der Waals surface area contributed by atoms with Gasteiger partial charge in [-0.15, -0.1) is 0 Å². The molecular weight excluding hydrogens is 607 g/mol. The Labute approximate surface area is 231 Å². The van der Waals surface area contributed by atoms with E-state index >= 15 is 0 Å². The van der Waals surface area contributed by atoms with Gasteiger partial charge in [0, 0.05) is 17.5 Å². The number of benzene rings is 3. The molecule has 3 aromatic carbocycles. The number of ether oxygens (including phenoxy) is 1. The van der Waals surface area contributed by atoms with Gasteiger partial charge in [0.1, 0.15) is 5.75 Å². The smallest absolute Gasteiger partial charge is 0.341 e. The molecule has 192 valence electrons. The topological polar surface area (TPSA) is 110 Å². The van der Waals surface area contributed by atoms with Crippen molar-refractivity contribution in [2.24, 2.45) is 0 Å². The Morgan fingerprint density at radius 3 is 2.43 bits per heavy atom. The molecule has 1 N–H and O–H groups in total. The van der Waals surface area contributed by atoms with Crippen LogP contribution in [0.1, 0.15) is 5.56 Å². The van der Waals surface area contributed by atoms with Gasteiger partial charge in [-0.1, -0.05) is 29.3 Å². The number of carboxylic acid groups (broad SMARTS) is 1. The summed E-state index contributed by atoms with van der Waals surface area (Å²) in [6, 6.07) is 17.0. The summed E-state index contributed by atoms with van der Waals surface area (Å²) in [7, 11) is -3.32. The van der Waals surface area contributed by atoms with Crippen LogP contribution in [0.2, 0.25) is 10.0 Å². The van der Waals surface area contributed by atoms with Gasteiger partial charge in [-0.25, -0.2) is 18.2 Å². The molecule has 0 bridgehead atoms. The summed E-state index contributed by atoms with van der Waals surface area (Å²) < 4.78 is 35.5. The number of anilines is 2. The maximum Gasteiger partial charge on any atom is 0.341 e. The van der Waals surface area contributed by atoms with E-state index in [4.69, 9.17) is 37.5 Å². The lowest BCUT2D eigenvalue weighted by Crippen LogP contribution is -2.17. The van der Waals surface area contributed by atoms with E-state index in [0.717, 1.165) is 11.8 Å². The van der Waals surface area contributed by atoms with E-state index in [-0.39, 0.29) is 10.9 Å². The van der Waals surface area contributed by atoms with E-state index in [2.05, 4.69) is 20.9 Å². The fraction of sp³-hybridized carbons (Fsp3) is 0.120. The highest BCUT2D eigenvalue weighted by Gasteiger charge is 2.19. The zero-order chi connectivity index (χ0) is 26.7. The number of halogens is 3. The number of rotatable bonds is 9. The van der Waals surface area contributed by atoms with Gasteiger partial charge in [-0.05, 0) is 76.1 Å². The van der Waals surface area contributed by atoms with Crippen LogP contribution in [0.3, 0.4) is 0 Å². The molecule has 0 fully saturated rings. The first-order valence-electron chi connectivity index (χ1n) is 10.6. The minimum atomic E-state index is -3.32. The third-order valence-corrected chi connectivity index (χ3v) is 7.68. The molecule has 4 aromatic rings. The molecule has 0 aliphatic rings. The molecule has 1 aromatic heterocycles. The number of oxazole rings is 1. The molecule has 0 saturated heterocycles. The van der Waals surface area contributed by atoms with Gasteiger partial charge in [-0.2, -0.15) is 0 Å². The first kappa shape index (κ1) is 27.0. The van der Waals surface area contributed by atoms with Crippen LogP contribution in [0.15, 0.2) is 80.6 Å². The predicted octanol–water partition coefficient (Wildman–Crippen LogP) is 6.62. The number of hydrogen-bond donors (Lipinski definition) is 1. The Kier molecular flexibility index (Phi) is 8.13. The third kappa shape index (κ3) is 6.64. The molecule has 0 unspecified atom stereocenters. The van der Waals surface area contributed by atoms with Crippen molar-refractivity contribution in [2.75, 3.05) is 17.8 Å². The minimum Gasteiger partial charge on any atom is -0.481 e. The fourth-order valence-corrected chi connectivity index (χ4v) is 4.86. The molecule has 0 saturated carbocycles. The van der Waals surface area contributed by atoms with Gasteiger partial charge in [0.2, 0.25) is 0 Å². The van der Waals surface area contributed by atoms with Crippen LogP contribution in [-0.4, -0.2) is 37.3 Å². The summed E-state index contributed by atoms with van der Waals surface area (Å²) >= 11 is 15.8. The zero-order valence-corrected chi connectivity index (χ0v) is 23.1. The van der Waals surface area contributed by atoms with Crippen molar-refractivity contribution in [1.82, 2.24) is 4.98 Å². The molecular formula is C25H19BrCl2N2O6S. The molecule has 0 spiro atoms. The summed E-state index contributed by atoms with van der Waals surface area (Å²) in [5.41, 5.74) is 2.15. The fourth-order valence-electron chi connectivity index (χ4n) is 3.39. The van der Waals surface area contributed by atoms with Gasteiger partial charge >= 0.3 is 12.0 Å². The Balaban J connectivity index is 1.67. The van der Waals surface area contributed by atoms with Crippen LogP contribution < -0.4 is 9.64 Å². The minimum absolute atomic E-state index is 0.203. The van der Waals surface area contributed by atoms with Crippen molar-refractivity contribution in [3.63, 3.8) is 0 Å². The van der Waals surface area contributed by atoms with Gasteiger partial charge < -0.3 is 14.3 Å². The molecule has 8 nitrogen and oxygen atoms in total. The second kappa shape index (κ2) is 11.1. The summed E-state index contributed by atoms with van der Waals surface area (Å²) in [5, 5.41) is 9.60. The maximum atomic E-state index is 11.8. The van der Waals surface area contributed by atoms with Gasteiger partial charge in [0.15, 0.2) is 22.2 Å². The first-order valence-corrected chi connectivity index (χ1v) is 14.1. The Hall–Kier alpha value is -3.05. The standard InChI is InChI=1S/C25H19BrCl2N2O6S/c1-37(33,34)18-6-3-16(4-7-18)23-12-29-25(36-23)30(17-5-8-20(27)21(28)11-17)13-15-2-9-22(19(26)10-15)35-14-24(31)32/h2-12H,13-14H2,1H3,(H,31,32). The molecule has 0 amide bonds. The summed E-state index contributed by atoms with van der Waals surface area (Å²) in [4.78, 5) is 17.2. The Bertz CT molecular complexity index is 1560.